The molecule has 0 saturated carbocycles. The Morgan fingerprint density at radius 1 is 0.381 bits per heavy atom. The van der Waals surface area contributed by atoms with Crippen LogP contribution in [-0.4, -0.2) is 113 Å². The van der Waals surface area contributed by atoms with Gasteiger partial charge >= 0.3 is 7.96 Å². The van der Waals surface area contributed by atoms with E-state index in [2.05, 4.69) is 113 Å². The van der Waals surface area contributed by atoms with Crippen molar-refractivity contribution in [2.75, 3.05) is 84.6 Å². The van der Waals surface area contributed by atoms with Gasteiger partial charge in [-0.25, -0.2) is 0 Å². The van der Waals surface area contributed by atoms with Gasteiger partial charge < -0.3 is 0 Å². The van der Waals surface area contributed by atoms with E-state index in [-0.39, 0.29) is 0 Å². The van der Waals surface area contributed by atoms with Crippen molar-refractivity contribution in [1.82, 2.24) is 28.0 Å². The van der Waals surface area contributed by atoms with Crippen LogP contribution in [0.3, 0.4) is 0 Å². The van der Waals surface area contributed by atoms with Crippen LogP contribution >= 0.6 is 22.8 Å². The van der Waals surface area contributed by atoms with E-state index in [4.69, 9.17) is 0 Å². The van der Waals surface area contributed by atoms with Gasteiger partial charge in [-0.3, -0.25) is 0 Å². The summed E-state index contributed by atoms with van der Waals surface area (Å²) in [6, 6.07) is 0. The van der Waals surface area contributed by atoms with Gasteiger partial charge in [0, 0.05) is 84.6 Å². The van der Waals surface area contributed by atoms with E-state index in [0.29, 0.717) is 0 Å². The predicted octanol–water partition coefficient (Wildman–Crippen LogP) is 2.39. The van der Waals surface area contributed by atoms with E-state index >= 15 is 0 Å². The summed E-state index contributed by atoms with van der Waals surface area (Å²) < 4.78 is 14.6. The molecule has 21 heavy (non-hydrogen) atoms. The van der Waals surface area contributed by atoms with Crippen LogP contribution in [0.5, 0.6) is 0 Å². The lowest BCUT2D eigenvalue weighted by atomic mass is 11.2. The van der Waals surface area contributed by atoms with Crippen LogP contribution in [-0.2, 0) is 0 Å². The number of hydrogen-bond donors (Lipinski definition) is 0. The molecule has 0 aromatic rings. The van der Waals surface area contributed by atoms with E-state index in [1.165, 1.54) is 0 Å². The largest absolute Gasteiger partial charge is 0.307 e. The first kappa shape index (κ1) is 22.1. The second kappa shape index (κ2) is 8.24. The molecular weight excluding hydrogens is 321 g/mol. The molecule has 0 saturated heterocycles. The van der Waals surface area contributed by atoms with Crippen LogP contribution in [0.4, 0.5) is 0 Å². The zero-order valence-electron chi connectivity index (χ0n) is 16.1. The fraction of sp³-hybridized carbons (Fsp3) is 1.00. The summed E-state index contributed by atoms with van der Waals surface area (Å²) in [7, 11) is 24.4. The highest BCUT2D eigenvalue weighted by molar-refractivity contribution is 8.59. The van der Waals surface area contributed by atoms with Crippen LogP contribution < -0.4 is 0 Å². The summed E-state index contributed by atoms with van der Waals surface area (Å²) in [6.45, 7) is 0. The van der Waals surface area contributed by atoms with Crippen LogP contribution in [0, 0.1) is 0 Å². The smallest absolute Gasteiger partial charge is 0.150 e. The van der Waals surface area contributed by atoms with Crippen LogP contribution in [0.2, 0.25) is 0 Å². The van der Waals surface area contributed by atoms with Gasteiger partial charge in [-0.2, -0.15) is 0 Å². The second-order valence-corrected chi connectivity index (χ2v) is 19.6. The highest BCUT2D eigenvalue weighted by Crippen LogP contribution is 2.96. The summed E-state index contributed by atoms with van der Waals surface area (Å²) in [5.74, 6) is 0. The molecule has 0 radical (unpaired) electrons. The normalized spacial score (nSPS) is 14.6. The summed E-state index contributed by atoms with van der Waals surface area (Å²) in [6.07, 6.45) is 0. The lowest BCUT2D eigenvalue weighted by Crippen LogP contribution is -2.38. The molecule has 0 amide bonds. The first-order chi connectivity index (χ1) is 9.37. The first-order valence-corrected chi connectivity index (χ1v) is 13.0. The van der Waals surface area contributed by atoms with E-state index in [0.717, 1.165) is 7.96 Å². The molecule has 0 unspecified atom stereocenters. The minimum atomic E-state index is -1.54. The van der Waals surface area contributed by atoms with Crippen molar-refractivity contribution < 1.29 is 0 Å². The fourth-order valence-corrected chi connectivity index (χ4v) is 25.8. The lowest BCUT2D eigenvalue weighted by molar-refractivity contribution is 0.474. The van der Waals surface area contributed by atoms with Gasteiger partial charge in [0.1, 0.15) is 0 Å². The summed E-state index contributed by atoms with van der Waals surface area (Å²) >= 11 is 0. The Morgan fingerprint density at radius 2 is 0.524 bits per heavy atom. The zero-order valence-corrected chi connectivity index (χ0v) is 18.9. The van der Waals surface area contributed by atoms with Crippen molar-refractivity contribution >= 4 is 22.8 Å². The van der Waals surface area contributed by atoms with Gasteiger partial charge in [-0.05, 0) is 0 Å². The van der Waals surface area contributed by atoms with Crippen molar-refractivity contribution in [3.63, 3.8) is 0 Å². The molecule has 0 N–H and O–H groups in total. The average Bonchev–Trinajstić information content (AvgIpc) is 2.26. The highest BCUT2D eigenvalue weighted by atomic mass is 32.5. The number of hydrogen-bond acceptors (Lipinski definition) is 6. The molecule has 0 aromatic carbocycles. The van der Waals surface area contributed by atoms with Gasteiger partial charge in [0.2, 0.25) is 0 Å². The third-order valence-electron chi connectivity index (χ3n) is 3.61. The van der Waals surface area contributed by atoms with Crippen molar-refractivity contribution in [2.45, 2.75) is 0 Å². The molecule has 0 aliphatic heterocycles. The van der Waals surface area contributed by atoms with Crippen molar-refractivity contribution in [3.8, 4) is 0 Å². The van der Waals surface area contributed by atoms with E-state index in [9.17, 15) is 0 Å². The third-order valence-corrected chi connectivity index (χ3v) is 24.5. The Kier molecular flexibility index (Phi) is 8.65. The van der Waals surface area contributed by atoms with E-state index < -0.39 is 14.8 Å². The van der Waals surface area contributed by atoms with Crippen LogP contribution in [0.15, 0.2) is 0 Å². The van der Waals surface area contributed by atoms with Crippen molar-refractivity contribution in [3.05, 3.63) is 0 Å². The minimum absolute atomic E-state index is 0.815. The molecule has 0 aromatic heterocycles. The van der Waals surface area contributed by atoms with Gasteiger partial charge in [0.15, 0.2) is 0 Å². The highest BCUT2D eigenvalue weighted by Gasteiger charge is 2.64. The number of nitrogens with zero attached hydrogens (tertiary/aromatic N) is 6. The predicted molar refractivity (Wildman–Crippen MR) is 104 cm³/mol. The average molecular weight is 358 g/mol. The Hall–Kier alpha value is 1.05. The molecule has 0 spiro atoms. The van der Waals surface area contributed by atoms with Crippen LogP contribution in [0.1, 0.15) is 0 Å². The quantitative estimate of drug-likeness (QED) is 0.616. The molecule has 9 heteroatoms. The monoisotopic (exact) mass is 358 g/mol. The fourth-order valence-electron chi connectivity index (χ4n) is 2.86. The molecule has 0 fully saturated rings. The van der Waals surface area contributed by atoms with Gasteiger partial charge in [-0.15, -0.1) is 28.0 Å². The topological polar surface area (TPSA) is 19.4 Å². The van der Waals surface area contributed by atoms with Crippen molar-refractivity contribution in [2.24, 2.45) is 0 Å². The molecular formula is C12H37N6P3+2. The third kappa shape index (κ3) is 4.12. The molecule has 6 nitrogen and oxygen atoms in total. The zero-order chi connectivity index (χ0) is 17.2. The number of rotatable bonds is 8. The maximum absolute atomic E-state index is 2.44. The Bertz CT molecular complexity index is 247. The van der Waals surface area contributed by atoms with Gasteiger partial charge in [0.25, 0.3) is 14.8 Å². The molecule has 128 valence electrons. The van der Waals surface area contributed by atoms with E-state index in [1.807, 2.05) is 0 Å². The van der Waals surface area contributed by atoms with Gasteiger partial charge in [-0.1, -0.05) is 0 Å². The Morgan fingerprint density at radius 3 is 0.619 bits per heavy atom. The maximum atomic E-state index is 2.44. The minimum Gasteiger partial charge on any atom is -0.150 e. The molecule has 0 heterocycles. The Balaban J connectivity index is 6.06. The SMILES string of the molecule is CN(C)[P+](P[P+](N(C)C)(N(C)C)N(C)C)(N(C)C)N(C)C. The van der Waals surface area contributed by atoms with E-state index in [1.54, 1.807) is 0 Å². The molecule has 0 aliphatic carbocycles. The van der Waals surface area contributed by atoms with Gasteiger partial charge in [0.05, 0.1) is 0 Å². The molecule has 0 bridgehead atoms. The summed E-state index contributed by atoms with van der Waals surface area (Å²) in [5, 5.41) is 0. The second-order valence-electron chi connectivity index (χ2n) is 6.32. The molecule has 0 aliphatic rings. The van der Waals surface area contributed by atoms with Crippen molar-refractivity contribution in [1.29, 1.82) is 0 Å². The standard InChI is InChI=1S/C12H37N6P3/c1-13(2)20(14(3)4,15(5)6)19-21(16(7)8,17(9)10)18(11)12/h19H,1-12H3/q+2. The molecule has 0 atom stereocenters. The summed E-state index contributed by atoms with van der Waals surface area (Å²) in [4.78, 5) is 0. The summed E-state index contributed by atoms with van der Waals surface area (Å²) in [5.41, 5.74) is 0. The maximum Gasteiger partial charge on any atom is 0.307 e. The molecule has 0 rings (SSSR count). The van der Waals surface area contributed by atoms with Crippen LogP contribution in [0.25, 0.3) is 0 Å². The first-order valence-electron chi connectivity index (χ1n) is 7.01. The lowest BCUT2D eigenvalue weighted by Gasteiger charge is -2.45. The Labute approximate surface area is 136 Å².